The van der Waals surface area contributed by atoms with Crippen LogP contribution in [0.3, 0.4) is 0 Å². The summed E-state index contributed by atoms with van der Waals surface area (Å²) in [5.74, 6) is 3.04. The maximum atomic E-state index is 5.05. The Labute approximate surface area is 154 Å². The summed E-state index contributed by atoms with van der Waals surface area (Å²) in [5, 5.41) is 3.99. The van der Waals surface area contributed by atoms with E-state index in [0.29, 0.717) is 11.8 Å². The van der Waals surface area contributed by atoms with Crippen molar-refractivity contribution in [1.29, 1.82) is 0 Å². The van der Waals surface area contributed by atoms with Crippen LogP contribution >= 0.6 is 0 Å². The lowest BCUT2D eigenvalue weighted by Crippen LogP contribution is -2.45. The van der Waals surface area contributed by atoms with Crippen molar-refractivity contribution in [3.05, 3.63) is 35.5 Å². The highest BCUT2D eigenvalue weighted by atomic mass is 16.5. The number of hydrogen-bond acceptors (Lipinski definition) is 7. The van der Waals surface area contributed by atoms with Gasteiger partial charge in [-0.05, 0) is 12.8 Å². The predicted molar refractivity (Wildman–Crippen MR) is 97.4 cm³/mol. The lowest BCUT2D eigenvalue weighted by atomic mass is 9.89. The molecule has 3 heterocycles. The van der Waals surface area contributed by atoms with E-state index in [1.807, 2.05) is 19.3 Å². The molecule has 1 saturated heterocycles. The third kappa shape index (κ3) is 4.45. The van der Waals surface area contributed by atoms with Gasteiger partial charge in [0.05, 0.1) is 6.54 Å². The second kappa shape index (κ2) is 8.22. The summed E-state index contributed by atoms with van der Waals surface area (Å²) >= 11 is 0. The molecule has 2 aromatic rings. The van der Waals surface area contributed by atoms with E-state index in [2.05, 4.69) is 29.9 Å². The molecule has 0 bridgehead atoms. The summed E-state index contributed by atoms with van der Waals surface area (Å²) in [5.41, 5.74) is 1.21. The molecule has 2 aliphatic rings. The standard InChI is InChI=1S/C19H28N6O/c1-15-22-18(23-26-15)14-25-9-7-24(8-10-25)13-16-11-20-19(21-12-16)17-5-3-2-4-6-17/h11-12,17H,2-10,13-14H2,1H3. The SMILES string of the molecule is Cc1nc(CN2CCN(Cc3cnc(C4CCCCC4)nc3)CC2)no1. The summed E-state index contributed by atoms with van der Waals surface area (Å²) in [6, 6.07) is 0. The summed E-state index contributed by atoms with van der Waals surface area (Å²) in [6.45, 7) is 7.66. The maximum absolute atomic E-state index is 5.05. The van der Waals surface area contributed by atoms with E-state index in [-0.39, 0.29) is 0 Å². The van der Waals surface area contributed by atoms with Crippen LogP contribution in [0, 0.1) is 6.92 Å². The van der Waals surface area contributed by atoms with Crippen molar-refractivity contribution in [3.63, 3.8) is 0 Å². The molecule has 7 heteroatoms. The normalized spacial score (nSPS) is 20.5. The fourth-order valence-corrected chi connectivity index (χ4v) is 3.99. The van der Waals surface area contributed by atoms with Gasteiger partial charge < -0.3 is 4.52 Å². The molecule has 0 spiro atoms. The molecular weight excluding hydrogens is 328 g/mol. The molecule has 26 heavy (non-hydrogen) atoms. The third-order valence-corrected chi connectivity index (χ3v) is 5.50. The zero-order chi connectivity index (χ0) is 17.8. The van der Waals surface area contributed by atoms with Gasteiger partial charge in [0.15, 0.2) is 5.82 Å². The van der Waals surface area contributed by atoms with E-state index in [1.54, 1.807) is 0 Å². The van der Waals surface area contributed by atoms with Gasteiger partial charge in [0.2, 0.25) is 5.89 Å². The fourth-order valence-electron chi connectivity index (χ4n) is 3.99. The monoisotopic (exact) mass is 356 g/mol. The zero-order valence-corrected chi connectivity index (χ0v) is 15.6. The van der Waals surface area contributed by atoms with Crippen molar-refractivity contribution in [3.8, 4) is 0 Å². The molecular formula is C19H28N6O. The van der Waals surface area contributed by atoms with Crippen LogP contribution in [0.1, 0.15) is 61.1 Å². The van der Waals surface area contributed by atoms with Crippen LogP contribution in [0.25, 0.3) is 0 Å². The van der Waals surface area contributed by atoms with Gasteiger partial charge in [-0.1, -0.05) is 24.4 Å². The Kier molecular flexibility index (Phi) is 5.55. The van der Waals surface area contributed by atoms with E-state index in [9.17, 15) is 0 Å². The van der Waals surface area contributed by atoms with Crippen molar-refractivity contribution in [1.82, 2.24) is 29.9 Å². The molecule has 7 nitrogen and oxygen atoms in total. The molecule has 0 N–H and O–H groups in total. The van der Waals surface area contributed by atoms with Crippen molar-refractivity contribution in [2.75, 3.05) is 26.2 Å². The first kappa shape index (κ1) is 17.5. The maximum Gasteiger partial charge on any atom is 0.223 e. The molecule has 140 valence electrons. The van der Waals surface area contributed by atoms with Gasteiger partial charge in [0, 0.05) is 63.5 Å². The van der Waals surface area contributed by atoms with Crippen LogP contribution in [0.4, 0.5) is 0 Å². The Morgan fingerprint density at radius 1 is 0.962 bits per heavy atom. The molecule has 0 amide bonds. The van der Waals surface area contributed by atoms with E-state index in [4.69, 9.17) is 4.52 Å². The second-order valence-corrected chi connectivity index (χ2v) is 7.57. The Bertz CT molecular complexity index is 686. The highest BCUT2D eigenvalue weighted by Gasteiger charge is 2.20. The van der Waals surface area contributed by atoms with Crippen molar-refractivity contribution < 1.29 is 4.52 Å². The van der Waals surface area contributed by atoms with Crippen LogP contribution < -0.4 is 0 Å². The topological polar surface area (TPSA) is 71.2 Å². The summed E-state index contributed by atoms with van der Waals surface area (Å²) in [6.07, 6.45) is 10.6. The molecule has 1 saturated carbocycles. The number of aromatic nitrogens is 4. The number of piperazine rings is 1. The van der Waals surface area contributed by atoms with Crippen LogP contribution in [-0.4, -0.2) is 56.1 Å². The molecule has 0 atom stereocenters. The number of hydrogen-bond donors (Lipinski definition) is 0. The number of rotatable bonds is 5. The van der Waals surface area contributed by atoms with Crippen LogP contribution in [0.5, 0.6) is 0 Å². The number of nitrogens with zero attached hydrogens (tertiary/aromatic N) is 6. The van der Waals surface area contributed by atoms with Crippen molar-refractivity contribution in [2.45, 2.75) is 58.0 Å². The van der Waals surface area contributed by atoms with Gasteiger partial charge in [-0.2, -0.15) is 4.98 Å². The lowest BCUT2D eigenvalue weighted by molar-refractivity contribution is 0.119. The van der Waals surface area contributed by atoms with Crippen molar-refractivity contribution >= 4 is 0 Å². The average molecular weight is 356 g/mol. The lowest BCUT2D eigenvalue weighted by Gasteiger charge is -2.33. The minimum absolute atomic E-state index is 0.579. The third-order valence-electron chi connectivity index (χ3n) is 5.50. The van der Waals surface area contributed by atoms with Gasteiger partial charge in [-0.25, -0.2) is 9.97 Å². The van der Waals surface area contributed by atoms with Crippen LogP contribution in [-0.2, 0) is 13.1 Å². The van der Waals surface area contributed by atoms with Crippen LogP contribution in [0.15, 0.2) is 16.9 Å². The second-order valence-electron chi connectivity index (χ2n) is 7.57. The number of aryl methyl sites for hydroxylation is 1. The first-order valence-corrected chi connectivity index (χ1v) is 9.81. The molecule has 4 rings (SSSR count). The fraction of sp³-hybridized carbons (Fsp3) is 0.684. The first-order valence-electron chi connectivity index (χ1n) is 9.81. The van der Waals surface area contributed by atoms with Crippen molar-refractivity contribution in [2.24, 2.45) is 0 Å². The quantitative estimate of drug-likeness (QED) is 0.815. The van der Waals surface area contributed by atoms with E-state index in [1.165, 1.54) is 37.7 Å². The smallest absolute Gasteiger partial charge is 0.223 e. The minimum Gasteiger partial charge on any atom is -0.340 e. The highest BCUT2D eigenvalue weighted by Crippen LogP contribution is 2.30. The molecule has 0 radical (unpaired) electrons. The molecule has 2 aromatic heterocycles. The van der Waals surface area contributed by atoms with Gasteiger partial charge in [-0.3, -0.25) is 9.80 Å². The highest BCUT2D eigenvalue weighted by molar-refractivity contribution is 5.08. The average Bonchev–Trinajstić information content (AvgIpc) is 3.09. The Morgan fingerprint density at radius 3 is 2.23 bits per heavy atom. The largest absolute Gasteiger partial charge is 0.340 e. The summed E-state index contributed by atoms with van der Waals surface area (Å²) < 4.78 is 5.05. The molecule has 1 aliphatic heterocycles. The van der Waals surface area contributed by atoms with E-state index < -0.39 is 0 Å². The molecule has 0 aromatic carbocycles. The van der Waals surface area contributed by atoms with Gasteiger partial charge in [-0.15, -0.1) is 0 Å². The Hall–Kier alpha value is -1.86. The summed E-state index contributed by atoms with van der Waals surface area (Å²) in [7, 11) is 0. The van der Waals surface area contributed by atoms with Gasteiger partial charge in [0.1, 0.15) is 5.82 Å². The Morgan fingerprint density at radius 2 is 1.62 bits per heavy atom. The van der Waals surface area contributed by atoms with E-state index >= 15 is 0 Å². The minimum atomic E-state index is 0.579. The van der Waals surface area contributed by atoms with Gasteiger partial charge in [0.25, 0.3) is 0 Å². The zero-order valence-electron chi connectivity index (χ0n) is 15.6. The predicted octanol–water partition coefficient (Wildman–Crippen LogP) is 2.53. The molecule has 2 fully saturated rings. The Balaban J connectivity index is 1.25. The first-order chi connectivity index (χ1) is 12.8. The molecule has 0 unspecified atom stereocenters. The van der Waals surface area contributed by atoms with E-state index in [0.717, 1.165) is 50.9 Å². The summed E-state index contributed by atoms with van der Waals surface area (Å²) in [4.78, 5) is 18.5. The van der Waals surface area contributed by atoms with Gasteiger partial charge >= 0.3 is 0 Å². The molecule has 1 aliphatic carbocycles. The van der Waals surface area contributed by atoms with Crippen LogP contribution in [0.2, 0.25) is 0 Å².